The Morgan fingerprint density at radius 2 is 1.82 bits per heavy atom. The number of hydrogen-bond donors (Lipinski definition) is 2. The number of nitrogens with two attached hydrogens (primary N) is 1. The minimum atomic E-state index is -0.578. The number of rotatable bonds is 5. The Balaban J connectivity index is 2.53. The van der Waals surface area contributed by atoms with Gasteiger partial charge >= 0.3 is 0 Å². The van der Waals surface area contributed by atoms with E-state index in [0.717, 1.165) is 12.0 Å². The molecule has 0 spiro atoms. The van der Waals surface area contributed by atoms with Crippen LogP contribution in [-0.2, 0) is 4.79 Å². The maximum Gasteiger partial charge on any atom is 0.241 e. The van der Waals surface area contributed by atoms with Crippen LogP contribution in [0, 0.1) is 5.92 Å². The SMILES string of the molecule is CC(C)CC(C)NC(=O)C(N)c1ccccc1. The van der Waals surface area contributed by atoms with E-state index in [0.29, 0.717) is 5.92 Å². The van der Waals surface area contributed by atoms with Crippen LogP contribution in [0.5, 0.6) is 0 Å². The fraction of sp³-hybridized carbons (Fsp3) is 0.500. The lowest BCUT2D eigenvalue weighted by molar-refractivity contribution is -0.123. The fourth-order valence-electron chi connectivity index (χ4n) is 1.91. The van der Waals surface area contributed by atoms with E-state index < -0.39 is 6.04 Å². The summed E-state index contributed by atoms with van der Waals surface area (Å²) >= 11 is 0. The van der Waals surface area contributed by atoms with Gasteiger partial charge in [0, 0.05) is 6.04 Å². The molecule has 0 saturated heterocycles. The van der Waals surface area contributed by atoms with Crippen molar-refractivity contribution in [2.24, 2.45) is 11.7 Å². The van der Waals surface area contributed by atoms with Gasteiger partial charge in [-0.05, 0) is 24.8 Å². The summed E-state index contributed by atoms with van der Waals surface area (Å²) in [6.07, 6.45) is 0.966. The molecule has 0 aromatic heterocycles. The molecule has 0 aliphatic carbocycles. The first-order valence-electron chi connectivity index (χ1n) is 6.11. The monoisotopic (exact) mass is 234 g/mol. The number of hydrogen-bond acceptors (Lipinski definition) is 2. The highest BCUT2D eigenvalue weighted by molar-refractivity contribution is 5.83. The molecule has 1 aromatic carbocycles. The number of nitrogens with one attached hydrogen (secondary N) is 1. The van der Waals surface area contributed by atoms with Gasteiger partial charge in [0.05, 0.1) is 0 Å². The standard InChI is InChI=1S/C14H22N2O/c1-10(2)9-11(3)16-14(17)13(15)12-7-5-4-6-8-12/h4-8,10-11,13H,9,15H2,1-3H3,(H,16,17). The zero-order chi connectivity index (χ0) is 12.8. The van der Waals surface area contributed by atoms with Crippen molar-refractivity contribution in [1.29, 1.82) is 0 Å². The normalized spacial score (nSPS) is 14.4. The largest absolute Gasteiger partial charge is 0.352 e. The topological polar surface area (TPSA) is 55.1 Å². The third-order valence-electron chi connectivity index (χ3n) is 2.65. The number of carbonyl (C=O) groups is 1. The number of amides is 1. The summed E-state index contributed by atoms with van der Waals surface area (Å²) in [6.45, 7) is 6.29. The molecule has 1 aromatic rings. The first kappa shape index (κ1) is 13.7. The molecule has 3 N–H and O–H groups in total. The molecule has 2 unspecified atom stereocenters. The van der Waals surface area contributed by atoms with Crippen LogP contribution in [0.25, 0.3) is 0 Å². The van der Waals surface area contributed by atoms with Gasteiger partial charge in [-0.3, -0.25) is 4.79 Å². The Morgan fingerprint density at radius 1 is 1.24 bits per heavy atom. The van der Waals surface area contributed by atoms with Gasteiger partial charge in [0.15, 0.2) is 0 Å². The van der Waals surface area contributed by atoms with Crippen molar-refractivity contribution >= 4 is 5.91 Å². The summed E-state index contributed by atoms with van der Waals surface area (Å²) in [4.78, 5) is 11.9. The van der Waals surface area contributed by atoms with Crippen molar-refractivity contribution in [2.45, 2.75) is 39.3 Å². The zero-order valence-corrected chi connectivity index (χ0v) is 10.8. The van der Waals surface area contributed by atoms with Gasteiger partial charge in [0.25, 0.3) is 0 Å². The molecule has 3 heteroatoms. The fourth-order valence-corrected chi connectivity index (χ4v) is 1.91. The van der Waals surface area contributed by atoms with Gasteiger partial charge in [-0.15, -0.1) is 0 Å². The Kier molecular flexibility index (Phi) is 5.16. The van der Waals surface area contributed by atoms with Gasteiger partial charge in [0.2, 0.25) is 5.91 Å². The summed E-state index contributed by atoms with van der Waals surface area (Å²) in [5, 5.41) is 2.95. The van der Waals surface area contributed by atoms with Gasteiger partial charge in [-0.1, -0.05) is 44.2 Å². The van der Waals surface area contributed by atoms with E-state index in [2.05, 4.69) is 19.2 Å². The maximum atomic E-state index is 11.9. The van der Waals surface area contributed by atoms with Crippen molar-refractivity contribution in [3.63, 3.8) is 0 Å². The molecule has 3 nitrogen and oxygen atoms in total. The number of benzene rings is 1. The van der Waals surface area contributed by atoms with Crippen LogP contribution in [0.15, 0.2) is 30.3 Å². The van der Waals surface area contributed by atoms with Crippen LogP contribution in [-0.4, -0.2) is 11.9 Å². The van der Waals surface area contributed by atoms with E-state index in [1.165, 1.54) is 0 Å². The quantitative estimate of drug-likeness (QED) is 0.821. The third kappa shape index (κ3) is 4.57. The smallest absolute Gasteiger partial charge is 0.241 e. The average molecular weight is 234 g/mol. The summed E-state index contributed by atoms with van der Waals surface area (Å²) in [5.41, 5.74) is 6.75. The Labute approximate surface area is 103 Å². The Morgan fingerprint density at radius 3 is 2.35 bits per heavy atom. The van der Waals surface area contributed by atoms with Crippen LogP contribution in [0.3, 0.4) is 0 Å². The van der Waals surface area contributed by atoms with Crippen molar-refractivity contribution in [3.05, 3.63) is 35.9 Å². The minimum absolute atomic E-state index is 0.107. The van der Waals surface area contributed by atoms with Gasteiger partial charge < -0.3 is 11.1 Å². The molecule has 94 valence electrons. The lowest BCUT2D eigenvalue weighted by Crippen LogP contribution is -2.39. The average Bonchev–Trinajstić information content (AvgIpc) is 2.28. The second-order valence-electron chi connectivity index (χ2n) is 4.93. The maximum absolute atomic E-state index is 11.9. The molecule has 0 fully saturated rings. The van der Waals surface area contributed by atoms with Crippen LogP contribution < -0.4 is 11.1 Å². The first-order valence-corrected chi connectivity index (χ1v) is 6.11. The third-order valence-corrected chi connectivity index (χ3v) is 2.65. The summed E-state index contributed by atoms with van der Waals surface area (Å²) in [7, 11) is 0. The highest BCUT2D eigenvalue weighted by Gasteiger charge is 2.17. The lowest BCUT2D eigenvalue weighted by Gasteiger charge is -2.19. The summed E-state index contributed by atoms with van der Waals surface area (Å²) in [6, 6.07) is 9.02. The molecular weight excluding hydrogens is 212 g/mol. The van der Waals surface area contributed by atoms with Crippen LogP contribution in [0.1, 0.15) is 38.8 Å². The molecule has 2 atom stereocenters. The lowest BCUT2D eigenvalue weighted by atomic mass is 10.0. The van der Waals surface area contributed by atoms with Crippen LogP contribution >= 0.6 is 0 Å². The van der Waals surface area contributed by atoms with Crippen molar-refractivity contribution in [3.8, 4) is 0 Å². The van der Waals surface area contributed by atoms with Gasteiger partial charge in [-0.25, -0.2) is 0 Å². The van der Waals surface area contributed by atoms with E-state index in [9.17, 15) is 4.79 Å². The van der Waals surface area contributed by atoms with E-state index in [1.807, 2.05) is 37.3 Å². The highest BCUT2D eigenvalue weighted by Crippen LogP contribution is 2.11. The molecule has 17 heavy (non-hydrogen) atoms. The molecule has 1 rings (SSSR count). The first-order chi connectivity index (χ1) is 8.00. The predicted molar refractivity (Wildman–Crippen MR) is 70.4 cm³/mol. The van der Waals surface area contributed by atoms with E-state index in [-0.39, 0.29) is 11.9 Å². The molecule has 0 bridgehead atoms. The highest BCUT2D eigenvalue weighted by atomic mass is 16.2. The van der Waals surface area contributed by atoms with E-state index in [4.69, 9.17) is 5.73 Å². The second-order valence-corrected chi connectivity index (χ2v) is 4.93. The second kappa shape index (κ2) is 6.40. The van der Waals surface area contributed by atoms with Crippen LogP contribution in [0.2, 0.25) is 0 Å². The molecular formula is C14H22N2O. The summed E-state index contributed by atoms with van der Waals surface area (Å²) in [5.74, 6) is 0.461. The Bertz CT molecular complexity index is 348. The van der Waals surface area contributed by atoms with E-state index >= 15 is 0 Å². The predicted octanol–water partition coefficient (Wildman–Crippen LogP) is 2.24. The van der Waals surface area contributed by atoms with E-state index in [1.54, 1.807) is 0 Å². The molecule has 0 heterocycles. The zero-order valence-electron chi connectivity index (χ0n) is 10.8. The molecule has 0 aliphatic rings. The van der Waals surface area contributed by atoms with Gasteiger partial charge in [-0.2, -0.15) is 0 Å². The summed E-state index contributed by atoms with van der Waals surface area (Å²) < 4.78 is 0. The van der Waals surface area contributed by atoms with Crippen LogP contribution in [0.4, 0.5) is 0 Å². The Hall–Kier alpha value is -1.35. The van der Waals surface area contributed by atoms with Crippen molar-refractivity contribution in [2.75, 3.05) is 0 Å². The molecule has 0 saturated carbocycles. The van der Waals surface area contributed by atoms with Crippen molar-refractivity contribution in [1.82, 2.24) is 5.32 Å². The molecule has 1 amide bonds. The molecule has 0 aliphatic heterocycles. The van der Waals surface area contributed by atoms with Crippen molar-refractivity contribution < 1.29 is 4.79 Å². The minimum Gasteiger partial charge on any atom is -0.352 e. The number of carbonyl (C=O) groups excluding carboxylic acids is 1. The molecule has 0 radical (unpaired) electrons. The van der Waals surface area contributed by atoms with Gasteiger partial charge in [0.1, 0.15) is 6.04 Å².